The van der Waals surface area contributed by atoms with Gasteiger partial charge in [-0.15, -0.1) is 10.2 Å². The van der Waals surface area contributed by atoms with Crippen LogP contribution in [0.2, 0.25) is 0 Å². The molecular formula is C22H22N6O2. The fraction of sp³-hybridized carbons (Fsp3) is 0.318. The first-order valence-corrected chi connectivity index (χ1v) is 10.3. The maximum absolute atomic E-state index is 13.1. The molecule has 1 atom stereocenters. The number of fused-ring (bicyclic) bond motifs is 1. The second-order valence-electron chi connectivity index (χ2n) is 7.39. The van der Waals surface area contributed by atoms with Crippen molar-refractivity contribution in [3.05, 3.63) is 60.4 Å². The number of piperidine rings is 1. The summed E-state index contributed by atoms with van der Waals surface area (Å²) in [6, 6.07) is 11.4. The molecule has 1 amide bonds. The van der Waals surface area contributed by atoms with Crippen LogP contribution < -0.4 is 0 Å². The molecule has 3 aromatic heterocycles. The minimum atomic E-state index is -0.255. The van der Waals surface area contributed by atoms with Crippen LogP contribution in [0.5, 0.6) is 0 Å². The van der Waals surface area contributed by atoms with Gasteiger partial charge in [0.1, 0.15) is 17.4 Å². The summed E-state index contributed by atoms with van der Waals surface area (Å²) in [7, 11) is 0. The van der Waals surface area contributed by atoms with Gasteiger partial charge in [-0.2, -0.15) is 5.10 Å². The SMILES string of the molecule is CCn1ccc(C(=O)N2CCCC[C@@H]2c2nnc(-c3nccc4ccccc34)o2)n1. The number of nitrogens with zero attached hydrogens (tertiary/aromatic N) is 6. The van der Waals surface area contributed by atoms with Gasteiger partial charge in [0, 0.05) is 30.9 Å². The van der Waals surface area contributed by atoms with E-state index in [4.69, 9.17) is 4.42 Å². The molecule has 0 unspecified atom stereocenters. The third-order valence-electron chi connectivity index (χ3n) is 5.55. The summed E-state index contributed by atoms with van der Waals surface area (Å²) in [5.74, 6) is 0.715. The molecule has 0 saturated carbocycles. The predicted molar refractivity (Wildman–Crippen MR) is 111 cm³/mol. The third kappa shape index (κ3) is 3.24. The van der Waals surface area contributed by atoms with E-state index >= 15 is 0 Å². The summed E-state index contributed by atoms with van der Waals surface area (Å²) in [5.41, 5.74) is 1.10. The first-order chi connectivity index (χ1) is 14.7. The number of likely N-dealkylation sites (tertiary alicyclic amines) is 1. The molecule has 30 heavy (non-hydrogen) atoms. The molecule has 1 aromatic carbocycles. The Morgan fingerprint density at radius 1 is 1.17 bits per heavy atom. The lowest BCUT2D eigenvalue weighted by molar-refractivity contribution is 0.0565. The topological polar surface area (TPSA) is 89.9 Å². The number of amides is 1. The lowest BCUT2D eigenvalue weighted by atomic mass is 10.0. The number of aromatic nitrogens is 5. The molecule has 1 aliphatic rings. The Labute approximate surface area is 173 Å². The first-order valence-electron chi connectivity index (χ1n) is 10.3. The molecule has 1 saturated heterocycles. The van der Waals surface area contributed by atoms with Gasteiger partial charge in [0.2, 0.25) is 5.89 Å². The second kappa shape index (κ2) is 7.70. The van der Waals surface area contributed by atoms with Gasteiger partial charge in [-0.05, 0) is 43.7 Å². The Morgan fingerprint density at radius 2 is 2.07 bits per heavy atom. The van der Waals surface area contributed by atoms with Crippen molar-refractivity contribution in [3.63, 3.8) is 0 Å². The summed E-state index contributed by atoms with van der Waals surface area (Å²) in [4.78, 5) is 19.4. The van der Waals surface area contributed by atoms with Crippen molar-refractivity contribution in [2.24, 2.45) is 0 Å². The molecule has 0 spiro atoms. The quantitative estimate of drug-likeness (QED) is 0.515. The minimum Gasteiger partial charge on any atom is -0.417 e. The molecule has 1 aliphatic heterocycles. The van der Waals surface area contributed by atoms with Crippen molar-refractivity contribution in [2.75, 3.05) is 6.54 Å². The monoisotopic (exact) mass is 402 g/mol. The Balaban J connectivity index is 1.47. The van der Waals surface area contributed by atoms with Gasteiger partial charge in [0.15, 0.2) is 0 Å². The van der Waals surface area contributed by atoms with E-state index < -0.39 is 0 Å². The van der Waals surface area contributed by atoms with Crippen molar-refractivity contribution in [1.82, 2.24) is 29.9 Å². The first kappa shape index (κ1) is 18.5. The van der Waals surface area contributed by atoms with Crippen LogP contribution >= 0.6 is 0 Å². The van der Waals surface area contributed by atoms with E-state index in [9.17, 15) is 4.79 Å². The van der Waals surface area contributed by atoms with Gasteiger partial charge >= 0.3 is 0 Å². The van der Waals surface area contributed by atoms with E-state index in [1.54, 1.807) is 21.8 Å². The van der Waals surface area contributed by atoms with E-state index in [1.807, 2.05) is 43.5 Å². The van der Waals surface area contributed by atoms with Gasteiger partial charge in [-0.3, -0.25) is 14.5 Å². The number of aryl methyl sites for hydroxylation is 1. The average Bonchev–Trinajstić information content (AvgIpc) is 3.48. The van der Waals surface area contributed by atoms with Crippen LogP contribution in [0.25, 0.3) is 22.4 Å². The van der Waals surface area contributed by atoms with Crippen LogP contribution in [-0.4, -0.2) is 42.3 Å². The van der Waals surface area contributed by atoms with Crippen LogP contribution in [0.3, 0.4) is 0 Å². The highest BCUT2D eigenvalue weighted by Gasteiger charge is 2.33. The normalized spacial score (nSPS) is 16.8. The zero-order valence-electron chi connectivity index (χ0n) is 16.7. The van der Waals surface area contributed by atoms with Gasteiger partial charge < -0.3 is 9.32 Å². The molecular weight excluding hydrogens is 380 g/mol. The molecule has 8 nitrogen and oxygen atoms in total. The van der Waals surface area contributed by atoms with Crippen LogP contribution in [0, 0.1) is 0 Å². The van der Waals surface area contributed by atoms with Crippen LogP contribution in [0.1, 0.15) is 48.6 Å². The number of carbonyl (C=O) groups excluding carboxylic acids is 1. The van der Waals surface area contributed by atoms with E-state index in [2.05, 4.69) is 20.3 Å². The number of pyridine rings is 1. The Morgan fingerprint density at radius 3 is 2.93 bits per heavy atom. The molecule has 4 aromatic rings. The molecule has 0 radical (unpaired) electrons. The summed E-state index contributed by atoms with van der Waals surface area (Å²) < 4.78 is 7.81. The molecule has 0 aliphatic carbocycles. The summed E-state index contributed by atoms with van der Waals surface area (Å²) in [5, 5.41) is 14.9. The highest BCUT2D eigenvalue weighted by molar-refractivity contribution is 5.93. The molecule has 5 rings (SSSR count). The Bertz CT molecular complexity index is 1190. The second-order valence-corrected chi connectivity index (χ2v) is 7.39. The number of benzene rings is 1. The van der Waals surface area contributed by atoms with E-state index in [0.29, 0.717) is 29.7 Å². The summed E-state index contributed by atoms with van der Waals surface area (Å²) in [6.45, 7) is 3.36. The zero-order chi connectivity index (χ0) is 20.5. The Hall–Kier alpha value is -3.55. The predicted octanol–water partition coefficient (Wildman–Crippen LogP) is 3.87. The zero-order valence-corrected chi connectivity index (χ0v) is 16.7. The molecule has 4 heterocycles. The van der Waals surface area contributed by atoms with Crippen molar-refractivity contribution >= 4 is 16.7 Å². The average molecular weight is 402 g/mol. The molecule has 8 heteroatoms. The van der Waals surface area contributed by atoms with Crippen molar-refractivity contribution in [2.45, 2.75) is 38.8 Å². The minimum absolute atomic E-state index is 0.102. The lowest BCUT2D eigenvalue weighted by Gasteiger charge is -2.32. The smallest absolute Gasteiger partial charge is 0.275 e. The number of hydrogen-bond acceptors (Lipinski definition) is 6. The summed E-state index contributed by atoms with van der Waals surface area (Å²) in [6.07, 6.45) is 6.29. The standard InChI is InChI=1S/C22H22N6O2/c1-2-27-14-11-17(26-27)22(29)28-13-6-5-9-18(28)20-24-25-21(30-20)19-16-8-4-3-7-15(16)10-12-23-19/h3-4,7-8,10-12,14,18H,2,5-6,9,13H2,1H3/t18-/m1/s1. The molecule has 0 N–H and O–H groups in total. The molecule has 152 valence electrons. The van der Waals surface area contributed by atoms with Gasteiger partial charge in [0.05, 0.1) is 0 Å². The van der Waals surface area contributed by atoms with Gasteiger partial charge in [0.25, 0.3) is 11.8 Å². The van der Waals surface area contributed by atoms with Crippen molar-refractivity contribution in [3.8, 4) is 11.6 Å². The molecule has 0 bridgehead atoms. The van der Waals surface area contributed by atoms with Crippen LogP contribution in [0.15, 0.2) is 53.2 Å². The number of rotatable bonds is 4. The number of hydrogen-bond donors (Lipinski definition) is 0. The fourth-order valence-electron chi connectivity index (χ4n) is 3.99. The van der Waals surface area contributed by atoms with Crippen molar-refractivity contribution in [1.29, 1.82) is 0 Å². The lowest BCUT2D eigenvalue weighted by Crippen LogP contribution is -2.39. The highest BCUT2D eigenvalue weighted by atomic mass is 16.4. The van der Waals surface area contributed by atoms with E-state index in [-0.39, 0.29) is 11.9 Å². The van der Waals surface area contributed by atoms with Crippen LogP contribution in [-0.2, 0) is 6.54 Å². The maximum atomic E-state index is 13.1. The fourth-order valence-corrected chi connectivity index (χ4v) is 3.99. The summed E-state index contributed by atoms with van der Waals surface area (Å²) >= 11 is 0. The Kier molecular flexibility index (Phi) is 4.74. The molecule has 1 fully saturated rings. The third-order valence-corrected chi connectivity index (χ3v) is 5.55. The van der Waals surface area contributed by atoms with E-state index in [0.717, 1.165) is 36.6 Å². The van der Waals surface area contributed by atoms with E-state index in [1.165, 1.54) is 0 Å². The largest absolute Gasteiger partial charge is 0.417 e. The highest BCUT2D eigenvalue weighted by Crippen LogP contribution is 2.33. The van der Waals surface area contributed by atoms with Gasteiger partial charge in [-0.1, -0.05) is 24.3 Å². The van der Waals surface area contributed by atoms with Gasteiger partial charge in [-0.25, -0.2) is 0 Å². The number of carbonyl (C=O) groups is 1. The maximum Gasteiger partial charge on any atom is 0.275 e. The van der Waals surface area contributed by atoms with Crippen LogP contribution in [0.4, 0.5) is 0 Å². The van der Waals surface area contributed by atoms with Crippen molar-refractivity contribution < 1.29 is 9.21 Å².